The average Bonchev–Trinajstić information content (AvgIpc) is 2.73. The maximum Gasteiger partial charge on any atom is 0.437 e. The quantitative estimate of drug-likeness (QED) is 0.712. The van der Waals surface area contributed by atoms with Crippen molar-refractivity contribution in [2.45, 2.75) is 24.9 Å². The first-order valence-electron chi connectivity index (χ1n) is 3.91. The molecule has 2 rings (SSSR count). The van der Waals surface area contributed by atoms with Gasteiger partial charge in [0.2, 0.25) is 0 Å². The summed E-state index contributed by atoms with van der Waals surface area (Å²) < 4.78 is 36.6. The first-order valence-corrected chi connectivity index (χ1v) is 3.91. The number of halogens is 3. The highest BCUT2D eigenvalue weighted by atomic mass is 19.4. The summed E-state index contributed by atoms with van der Waals surface area (Å²) in [6, 6.07) is 0. The highest BCUT2D eigenvalue weighted by Gasteiger charge is 2.39. The monoisotopic (exact) mass is 191 g/mol. The number of aromatic amines is 1. The highest BCUT2D eigenvalue weighted by molar-refractivity contribution is 5.51. The van der Waals surface area contributed by atoms with E-state index < -0.39 is 11.9 Å². The molecule has 0 amide bonds. The zero-order valence-corrected chi connectivity index (χ0v) is 6.65. The Morgan fingerprint density at radius 2 is 2.00 bits per heavy atom. The number of anilines is 1. The summed E-state index contributed by atoms with van der Waals surface area (Å²) in [5.74, 6) is 0.156. The molecule has 1 aromatic rings. The topological polar surface area (TPSA) is 54.7 Å². The summed E-state index contributed by atoms with van der Waals surface area (Å²) in [7, 11) is 0. The smallest absolute Gasteiger partial charge is 0.395 e. The molecule has 0 aromatic carbocycles. The van der Waals surface area contributed by atoms with Crippen LogP contribution in [-0.4, -0.2) is 10.2 Å². The third-order valence-electron chi connectivity index (χ3n) is 2.09. The van der Waals surface area contributed by atoms with Crippen molar-refractivity contribution in [2.24, 2.45) is 0 Å². The molecule has 1 fully saturated rings. The van der Waals surface area contributed by atoms with E-state index in [0.717, 1.165) is 12.8 Å². The van der Waals surface area contributed by atoms with Crippen LogP contribution in [0.25, 0.3) is 0 Å². The summed E-state index contributed by atoms with van der Waals surface area (Å²) in [4.78, 5) is 0. The highest BCUT2D eigenvalue weighted by Crippen LogP contribution is 2.44. The molecule has 0 saturated heterocycles. The van der Waals surface area contributed by atoms with E-state index in [2.05, 4.69) is 10.2 Å². The first kappa shape index (κ1) is 8.40. The SMILES string of the molecule is Nc1c(C(F)(F)F)n[nH]c1C1CC1. The summed E-state index contributed by atoms with van der Waals surface area (Å²) >= 11 is 0. The summed E-state index contributed by atoms with van der Waals surface area (Å²) in [6.45, 7) is 0. The van der Waals surface area contributed by atoms with Crippen LogP contribution < -0.4 is 5.73 Å². The molecule has 3 N–H and O–H groups in total. The van der Waals surface area contributed by atoms with Crippen LogP contribution in [0.15, 0.2) is 0 Å². The van der Waals surface area contributed by atoms with Crippen LogP contribution in [0.2, 0.25) is 0 Å². The predicted molar refractivity (Wildman–Crippen MR) is 40.0 cm³/mol. The molecule has 0 atom stereocenters. The molecule has 0 radical (unpaired) electrons. The lowest BCUT2D eigenvalue weighted by atomic mass is 10.2. The zero-order valence-electron chi connectivity index (χ0n) is 6.65. The maximum absolute atomic E-state index is 12.2. The standard InChI is InChI=1S/C7H8F3N3/c8-7(9,10)6-4(11)5(12-13-6)3-1-2-3/h3H,1-2,11H2,(H,12,13). The minimum Gasteiger partial charge on any atom is -0.395 e. The normalized spacial score (nSPS) is 17.8. The maximum atomic E-state index is 12.2. The molecule has 1 heterocycles. The molecule has 0 spiro atoms. The Kier molecular flexibility index (Phi) is 1.55. The van der Waals surface area contributed by atoms with E-state index in [1.807, 2.05) is 0 Å². The van der Waals surface area contributed by atoms with Crippen LogP contribution in [0, 0.1) is 0 Å². The Balaban J connectivity index is 2.38. The molecule has 0 aliphatic heterocycles. The molecular weight excluding hydrogens is 183 g/mol. The fourth-order valence-electron chi connectivity index (χ4n) is 1.26. The molecule has 72 valence electrons. The van der Waals surface area contributed by atoms with Gasteiger partial charge in [0.25, 0.3) is 0 Å². The lowest BCUT2D eigenvalue weighted by Gasteiger charge is -2.02. The largest absolute Gasteiger partial charge is 0.437 e. The van der Waals surface area contributed by atoms with Gasteiger partial charge in [0, 0.05) is 5.92 Å². The van der Waals surface area contributed by atoms with Gasteiger partial charge in [0.1, 0.15) is 0 Å². The average molecular weight is 191 g/mol. The van der Waals surface area contributed by atoms with E-state index in [0.29, 0.717) is 5.69 Å². The third kappa shape index (κ3) is 1.36. The van der Waals surface area contributed by atoms with E-state index in [1.54, 1.807) is 0 Å². The van der Waals surface area contributed by atoms with Gasteiger partial charge in [-0.3, -0.25) is 5.10 Å². The van der Waals surface area contributed by atoms with Gasteiger partial charge in [0.05, 0.1) is 11.4 Å². The Labute approximate surface area is 72.1 Å². The van der Waals surface area contributed by atoms with Crippen LogP contribution in [0.4, 0.5) is 18.9 Å². The summed E-state index contributed by atoms with van der Waals surface area (Å²) in [6.07, 6.45) is -2.67. The van der Waals surface area contributed by atoms with Gasteiger partial charge < -0.3 is 5.73 Å². The van der Waals surface area contributed by atoms with Crippen LogP contribution in [0.3, 0.4) is 0 Å². The molecule has 13 heavy (non-hydrogen) atoms. The molecule has 1 aliphatic carbocycles. The van der Waals surface area contributed by atoms with Crippen molar-refractivity contribution in [2.75, 3.05) is 5.73 Å². The molecule has 6 heteroatoms. The Morgan fingerprint density at radius 3 is 2.38 bits per heavy atom. The van der Waals surface area contributed by atoms with Gasteiger partial charge >= 0.3 is 6.18 Å². The minimum atomic E-state index is -4.45. The van der Waals surface area contributed by atoms with Crippen LogP contribution in [0.1, 0.15) is 30.1 Å². The second kappa shape index (κ2) is 2.40. The van der Waals surface area contributed by atoms with Gasteiger partial charge in [-0.15, -0.1) is 0 Å². The third-order valence-corrected chi connectivity index (χ3v) is 2.09. The van der Waals surface area contributed by atoms with Crippen molar-refractivity contribution < 1.29 is 13.2 Å². The lowest BCUT2D eigenvalue weighted by Crippen LogP contribution is -2.08. The number of aromatic nitrogens is 2. The number of nitrogens with two attached hydrogens (primary N) is 1. The van der Waals surface area contributed by atoms with Crippen molar-refractivity contribution >= 4 is 5.69 Å². The fraction of sp³-hybridized carbons (Fsp3) is 0.571. The van der Waals surface area contributed by atoms with E-state index in [9.17, 15) is 13.2 Å². The number of rotatable bonds is 1. The predicted octanol–water partition coefficient (Wildman–Crippen LogP) is 1.89. The van der Waals surface area contributed by atoms with Crippen molar-refractivity contribution in [3.05, 3.63) is 11.4 Å². The van der Waals surface area contributed by atoms with Gasteiger partial charge in [-0.25, -0.2) is 0 Å². The molecular formula is C7H8F3N3. The summed E-state index contributed by atoms with van der Waals surface area (Å²) in [5, 5.41) is 5.52. The number of alkyl halides is 3. The molecule has 1 saturated carbocycles. The number of H-pyrrole nitrogens is 1. The molecule has 1 aliphatic rings. The second-order valence-corrected chi connectivity index (χ2v) is 3.17. The van der Waals surface area contributed by atoms with Crippen molar-refractivity contribution in [1.29, 1.82) is 0 Å². The van der Waals surface area contributed by atoms with Crippen molar-refractivity contribution in [3.63, 3.8) is 0 Å². The van der Waals surface area contributed by atoms with E-state index in [4.69, 9.17) is 5.73 Å². The number of hydrogen-bond acceptors (Lipinski definition) is 2. The van der Waals surface area contributed by atoms with E-state index in [1.165, 1.54) is 0 Å². The summed E-state index contributed by atoms with van der Waals surface area (Å²) in [5.41, 5.74) is 4.52. The van der Waals surface area contributed by atoms with Crippen LogP contribution in [-0.2, 0) is 6.18 Å². The molecule has 1 aromatic heterocycles. The van der Waals surface area contributed by atoms with Crippen molar-refractivity contribution in [3.8, 4) is 0 Å². The van der Waals surface area contributed by atoms with Crippen molar-refractivity contribution in [1.82, 2.24) is 10.2 Å². The van der Waals surface area contributed by atoms with E-state index >= 15 is 0 Å². The van der Waals surface area contributed by atoms with Gasteiger partial charge in [0.15, 0.2) is 5.69 Å². The number of nitrogens with zero attached hydrogens (tertiary/aromatic N) is 1. The lowest BCUT2D eigenvalue weighted by molar-refractivity contribution is -0.140. The number of nitrogens with one attached hydrogen (secondary N) is 1. The van der Waals surface area contributed by atoms with E-state index in [-0.39, 0.29) is 11.6 Å². The molecule has 3 nitrogen and oxygen atoms in total. The minimum absolute atomic E-state index is 0.156. The van der Waals surface area contributed by atoms with Crippen LogP contribution in [0.5, 0.6) is 0 Å². The van der Waals surface area contributed by atoms with Gasteiger partial charge in [-0.2, -0.15) is 18.3 Å². The molecule has 0 bridgehead atoms. The number of nitrogen functional groups attached to an aromatic ring is 1. The van der Waals surface area contributed by atoms with Gasteiger partial charge in [-0.05, 0) is 12.8 Å². The zero-order chi connectivity index (χ0) is 9.64. The second-order valence-electron chi connectivity index (χ2n) is 3.17. The first-order chi connectivity index (χ1) is 6.00. The van der Waals surface area contributed by atoms with Gasteiger partial charge in [-0.1, -0.05) is 0 Å². The Bertz CT molecular complexity index is 324. The van der Waals surface area contributed by atoms with Crippen LogP contribution >= 0.6 is 0 Å². The molecule has 0 unspecified atom stereocenters. The number of hydrogen-bond donors (Lipinski definition) is 2. The fourth-order valence-corrected chi connectivity index (χ4v) is 1.26. The Morgan fingerprint density at radius 1 is 1.38 bits per heavy atom. The Hall–Kier alpha value is -1.20.